The predicted molar refractivity (Wildman–Crippen MR) is 88.3 cm³/mol. The fourth-order valence-corrected chi connectivity index (χ4v) is 3.18. The van der Waals surface area contributed by atoms with Crippen molar-refractivity contribution >= 4 is 17.7 Å². The van der Waals surface area contributed by atoms with Gasteiger partial charge < -0.3 is 11.1 Å². The lowest BCUT2D eigenvalue weighted by Gasteiger charge is -2.27. The van der Waals surface area contributed by atoms with E-state index < -0.39 is 30.1 Å². The second-order valence-corrected chi connectivity index (χ2v) is 6.28. The van der Waals surface area contributed by atoms with Crippen molar-refractivity contribution < 1.29 is 19.2 Å². The number of amides is 3. The van der Waals surface area contributed by atoms with Gasteiger partial charge in [0.05, 0.1) is 12.6 Å². The first kappa shape index (κ1) is 17.5. The van der Waals surface area contributed by atoms with E-state index in [0.29, 0.717) is 6.54 Å². The van der Waals surface area contributed by atoms with Crippen LogP contribution < -0.4 is 11.1 Å². The summed E-state index contributed by atoms with van der Waals surface area (Å²) in [5.74, 6) is -1.86. The highest BCUT2D eigenvalue weighted by atomic mass is 16.7. The van der Waals surface area contributed by atoms with Gasteiger partial charge in [-0.1, -0.05) is 30.3 Å². The quantitative estimate of drug-likeness (QED) is 0.703. The zero-order valence-corrected chi connectivity index (χ0v) is 14.2. The second kappa shape index (κ2) is 6.91. The Morgan fingerprint density at radius 2 is 1.96 bits per heavy atom. The number of hydrogen-bond acceptors (Lipinski definition) is 6. The molecule has 0 aliphatic carbocycles. The van der Waals surface area contributed by atoms with Crippen LogP contribution in [0.2, 0.25) is 0 Å². The average molecular weight is 346 g/mol. The zero-order chi connectivity index (χ0) is 18.1. The van der Waals surface area contributed by atoms with Crippen molar-refractivity contribution in [1.29, 1.82) is 0 Å². The van der Waals surface area contributed by atoms with Gasteiger partial charge in [0.15, 0.2) is 6.10 Å². The Morgan fingerprint density at radius 3 is 2.56 bits per heavy atom. The molecular formula is C17H22N4O4. The van der Waals surface area contributed by atoms with Gasteiger partial charge in [-0.25, -0.2) is 0 Å². The lowest BCUT2D eigenvalue weighted by molar-refractivity contribution is -0.186. The number of hydrogen-bond donors (Lipinski definition) is 2. The van der Waals surface area contributed by atoms with Gasteiger partial charge in [-0.3, -0.25) is 24.1 Å². The van der Waals surface area contributed by atoms with Crippen molar-refractivity contribution in [1.82, 2.24) is 15.3 Å². The van der Waals surface area contributed by atoms with Crippen LogP contribution in [0.25, 0.3) is 0 Å². The average Bonchev–Trinajstić information content (AvgIpc) is 3.04. The topological polar surface area (TPSA) is 105 Å². The Bertz CT molecular complexity index is 678. The van der Waals surface area contributed by atoms with Gasteiger partial charge in [-0.15, -0.1) is 0 Å². The van der Waals surface area contributed by atoms with Crippen LogP contribution in [0.3, 0.4) is 0 Å². The molecule has 0 unspecified atom stereocenters. The minimum Gasteiger partial charge on any atom is -0.336 e. The summed E-state index contributed by atoms with van der Waals surface area (Å²) in [5, 5.41) is 4.25. The summed E-state index contributed by atoms with van der Waals surface area (Å²) < 4.78 is 0. The van der Waals surface area contributed by atoms with Crippen molar-refractivity contribution in [2.45, 2.75) is 38.7 Å². The van der Waals surface area contributed by atoms with E-state index in [4.69, 9.17) is 10.6 Å². The summed E-state index contributed by atoms with van der Waals surface area (Å²) in [4.78, 5) is 44.0. The first-order chi connectivity index (χ1) is 11.9. The van der Waals surface area contributed by atoms with Crippen LogP contribution in [0.4, 0.5) is 0 Å². The van der Waals surface area contributed by atoms with E-state index >= 15 is 0 Å². The van der Waals surface area contributed by atoms with E-state index in [-0.39, 0.29) is 18.4 Å². The molecule has 0 radical (unpaired) electrons. The fourth-order valence-electron chi connectivity index (χ4n) is 3.18. The monoisotopic (exact) mass is 346 g/mol. The molecule has 8 nitrogen and oxygen atoms in total. The third-order valence-corrected chi connectivity index (χ3v) is 4.49. The summed E-state index contributed by atoms with van der Waals surface area (Å²) >= 11 is 0. The van der Waals surface area contributed by atoms with Crippen molar-refractivity contribution in [3.05, 3.63) is 35.9 Å². The molecule has 1 aromatic rings. The normalized spacial score (nSPS) is 27.5. The smallest absolute Gasteiger partial charge is 0.261 e. The first-order valence-corrected chi connectivity index (χ1v) is 8.32. The molecule has 0 bridgehead atoms. The Labute approximate surface area is 145 Å². The van der Waals surface area contributed by atoms with Crippen LogP contribution in [0.5, 0.6) is 0 Å². The summed E-state index contributed by atoms with van der Waals surface area (Å²) in [5.41, 5.74) is 6.57. The minimum absolute atomic E-state index is 0.278. The number of hydroxylamine groups is 2. The molecule has 0 spiro atoms. The maximum atomic E-state index is 12.6. The molecule has 0 aromatic heterocycles. The Balaban J connectivity index is 1.86. The standard InChI is InChI=1S/C17H22N4O4/c1-3-20-16(23)12-13(17(20)24)25-21(9-11-7-5-4-6-8-11)14(12)19-15(22)10(2)18/h4-8,10,12-14H,3,9,18H2,1-2H3,(H,19,22)/t10-,12+,13+,14-/m0/s1. The molecule has 2 saturated heterocycles. The summed E-state index contributed by atoms with van der Waals surface area (Å²) in [7, 11) is 0. The SMILES string of the molecule is CCN1C(=O)[C@H]2[C@@H](NC(=O)[C@H](C)N)N(Cc3ccccc3)O[C@H]2C1=O. The third-order valence-electron chi connectivity index (χ3n) is 4.49. The lowest BCUT2D eigenvalue weighted by atomic mass is 10.0. The molecule has 134 valence electrons. The Kier molecular flexibility index (Phi) is 4.85. The highest BCUT2D eigenvalue weighted by Crippen LogP contribution is 2.35. The maximum Gasteiger partial charge on any atom is 0.261 e. The van der Waals surface area contributed by atoms with Gasteiger partial charge in [0.1, 0.15) is 12.1 Å². The molecule has 0 saturated carbocycles. The number of benzene rings is 1. The third kappa shape index (κ3) is 3.15. The summed E-state index contributed by atoms with van der Waals surface area (Å²) in [6, 6.07) is 8.75. The number of rotatable bonds is 5. The van der Waals surface area contributed by atoms with Crippen LogP contribution in [0.15, 0.2) is 30.3 Å². The molecule has 25 heavy (non-hydrogen) atoms. The fraction of sp³-hybridized carbons (Fsp3) is 0.471. The molecule has 2 aliphatic rings. The van der Waals surface area contributed by atoms with Gasteiger partial charge in [0.25, 0.3) is 5.91 Å². The van der Waals surface area contributed by atoms with Crippen molar-refractivity contribution in [2.24, 2.45) is 11.7 Å². The first-order valence-electron chi connectivity index (χ1n) is 8.32. The van der Waals surface area contributed by atoms with E-state index in [0.717, 1.165) is 5.56 Å². The Hall–Kier alpha value is -2.29. The van der Waals surface area contributed by atoms with Crippen LogP contribution in [0.1, 0.15) is 19.4 Å². The van der Waals surface area contributed by atoms with Crippen molar-refractivity contribution in [3.63, 3.8) is 0 Å². The van der Waals surface area contributed by atoms with Crippen LogP contribution in [0, 0.1) is 5.92 Å². The Morgan fingerprint density at radius 1 is 1.28 bits per heavy atom. The molecule has 2 fully saturated rings. The van der Waals surface area contributed by atoms with Crippen molar-refractivity contribution in [3.8, 4) is 0 Å². The molecule has 2 heterocycles. The van der Waals surface area contributed by atoms with E-state index in [1.165, 1.54) is 9.96 Å². The molecule has 4 atom stereocenters. The number of nitrogens with one attached hydrogen (secondary N) is 1. The second-order valence-electron chi connectivity index (χ2n) is 6.28. The number of carbonyl (C=O) groups is 3. The van der Waals surface area contributed by atoms with E-state index in [9.17, 15) is 14.4 Å². The van der Waals surface area contributed by atoms with E-state index in [1.807, 2.05) is 30.3 Å². The van der Waals surface area contributed by atoms with Crippen LogP contribution in [-0.4, -0.2) is 52.5 Å². The molecule has 3 rings (SSSR count). The number of nitrogens with two attached hydrogens (primary N) is 1. The van der Waals surface area contributed by atoms with Gasteiger partial charge in [-0.2, -0.15) is 5.06 Å². The molecule has 8 heteroatoms. The van der Waals surface area contributed by atoms with Crippen molar-refractivity contribution in [2.75, 3.05) is 6.54 Å². The zero-order valence-electron chi connectivity index (χ0n) is 14.2. The maximum absolute atomic E-state index is 12.6. The minimum atomic E-state index is -0.908. The highest BCUT2D eigenvalue weighted by molar-refractivity contribution is 6.07. The summed E-state index contributed by atoms with van der Waals surface area (Å²) in [6.07, 6.45) is -1.65. The van der Waals surface area contributed by atoms with E-state index in [2.05, 4.69) is 5.32 Å². The number of likely N-dealkylation sites (tertiary alicyclic amines) is 1. The molecule has 3 amide bonds. The summed E-state index contributed by atoms with van der Waals surface area (Å²) in [6.45, 7) is 3.91. The number of carbonyl (C=O) groups excluding carboxylic acids is 3. The molecular weight excluding hydrogens is 324 g/mol. The number of likely N-dealkylation sites (N-methyl/N-ethyl adjacent to an activating group) is 1. The molecule has 2 aliphatic heterocycles. The number of imide groups is 1. The lowest BCUT2D eigenvalue weighted by Crippen LogP contribution is -2.53. The van der Waals surface area contributed by atoms with Gasteiger partial charge in [-0.05, 0) is 19.4 Å². The molecule has 1 aromatic carbocycles. The van der Waals surface area contributed by atoms with Gasteiger partial charge >= 0.3 is 0 Å². The van der Waals surface area contributed by atoms with Crippen LogP contribution >= 0.6 is 0 Å². The number of nitrogens with zero attached hydrogens (tertiary/aromatic N) is 2. The van der Waals surface area contributed by atoms with E-state index in [1.54, 1.807) is 13.8 Å². The van der Waals surface area contributed by atoms with Crippen LogP contribution in [-0.2, 0) is 25.8 Å². The van der Waals surface area contributed by atoms with Gasteiger partial charge in [0, 0.05) is 6.54 Å². The highest BCUT2D eigenvalue weighted by Gasteiger charge is 2.59. The molecule has 3 N–H and O–H groups in total. The number of fused-ring (bicyclic) bond motifs is 1. The largest absolute Gasteiger partial charge is 0.336 e. The predicted octanol–water partition coefficient (Wildman–Crippen LogP) is -0.403. The van der Waals surface area contributed by atoms with Gasteiger partial charge in [0.2, 0.25) is 11.8 Å².